The Morgan fingerprint density at radius 3 is 2.53 bits per heavy atom. The largest absolute Gasteiger partial charge is 0.494 e. The standard InChI is InChI=1S/C25H17BrCl2FN3OS/c1-33-24-9-4-15(10-20(24)29)21-12-23(18-8-7-17(27)11-19(18)28)32(31-21)25-30-22(13-34-25)14-2-5-16(26)6-3-14/h2-11,13,23H,12H2,1H3/t23-/m0/s1. The van der Waals surface area contributed by atoms with Crippen LogP contribution in [0.25, 0.3) is 11.3 Å². The van der Waals surface area contributed by atoms with Gasteiger partial charge in [0.2, 0.25) is 5.13 Å². The van der Waals surface area contributed by atoms with E-state index < -0.39 is 5.82 Å². The Bertz CT molecular complexity index is 1390. The Morgan fingerprint density at radius 2 is 1.82 bits per heavy atom. The van der Waals surface area contributed by atoms with Gasteiger partial charge in [-0.2, -0.15) is 5.10 Å². The average Bonchev–Trinajstić information content (AvgIpc) is 3.47. The van der Waals surface area contributed by atoms with Crippen LogP contribution < -0.4 is 9.75 Å². The van der Waals surface area contributed by atoms with E-state index in [-0.39, 0.29) is 11.8 Å². The third-order valence-electron chi connectivity index (χ3n) is 5.54. The summed E-state index contributed by atoms with van der Waals surface area (Å²) in [4.78, 5) is 4.85. The molecule has 0 aliphatic carbocycles. The van der Waals surface area contributed by atoms with Gasteiger partial charge in [0.1, 0.15) is 0 Å². The highest BCUT2D eigenvalue weighted by molar-refractivity contribution is 9.10. The molecule has 0 radical (unpaired) electrons. The molecule has 0 N–H and O–H groups in total. The van der Waals surface area contributed by atoms with Crippen LogP contribution in [-0.4, -0.2) is 17.8 Å². The first-order chi connectivity index (χ1) is 16.4. The van der Waals surface area contributed by atoms with E-state index in [4.69, 9.17) is 38.0 Å². The quantitative estimate of drug-likeness (QED) is 0.239. The van der Waals surface area contributed by atoms with Crippen LogP contribution in [-0.2, 0) is 0 Å². The van der Waals surface area contributed by atoms with E-state index >= 15 is 0 Å². The Morgan fingerprint density at radius 1 is 1.06 bits per heavy atom. The molecule has 34 heavy (non-hydrogen) atoms. The Kier molecular flexibility index (Phi) is 6.62. The zero-order valence-corrected chi connectivity index (χ0v) is 21.7. The fourth-order valence-corrected chi connectivity index (χ4v) is 5.48. The fraction of sp³-hybridized carbons (Fsp3) is 0.120. The summed E-state index contributed by atoms with van der Waals surface area (Å²) in [5.41, 5.74) is 4.15. The molecule has 0 amide bonds. The first-order valence-corrected chi connectivity index (χ1v) is 12.7. The monoisotopic (exact) mass is 575 g/mol. The third kappa shape index (κ3) is 4.58. The molecule has 5 rings (SSSR count). The van der Waals surface area contributed by atoms with E-state index in [0.29, 0.717) is 22.0 Å². The van der Waals surface area contributed by atoms with Crippen molar-refractivity contribution >= 4 is 61.3 Å². The zero-order valence-electron chi connectivity index (χ0n) is 17.8. The van der Waals surface area contributed by atoms with Crippen LogP contribution in [0.5, 0.6) is 5.75 Å². The highest BCUT2D eigenvalue weighted by atomic mass is 79.9. The highest BCUT2D eigenvalue weighted by Gasteiger charge is 2.33. The minimum absolute atomic E-state index is 0.190. The molecular formula is C25H17BrCl2FN3OS. The van der Waals surface area contributed by atoms with Gasteiger partial charge in [-0.1, -0.05) is 57.3 Å². The number of anilines is 1. The summed E-state index contributed by atoms with van der Waals surface area (Å²) < 4.78 is 20.5. The van der Waals surface area contributed by atoms with Crippen molar-refractivity contribution in [1.29, 1.82) is 0 Å². The topological polar surface area (TPSA) is 37.7 Å². The van der Waals surface area contributed by atoms with Crippen LogP contribution >= 0.6 is 50.5 Å². The molecule has 0 unspecified atom stereocenters. The molecule has 0 saturated carbocycles. The molecule has 4 nitrogen and oxygen atoms in total. The lowest BCUT2D eigenvalue weighted by atomic mass is 9.98. The molecule has 4 aromatic rings. The average molecular weight is 577 g/mol. The molecule has 1 aliphatic rings. The van der Waals surface area contributed by atoms with Crippen LogP contribution in [0.1, 0.15) is 23.6 Å². The Hall–Kier alpha value is -2.45. The fourth-order valence-electron chi connectivity index (χ4n) is 3.84. The van der Waals surface area contributed by atoms with E-state index in [1.54, 1.807) is 24.3 Å². The summed E-state index contributed by atoms with van der Waals surface area (Å²) in [6.45, 7) is 0. The van der Waals surface area contributed by atoms with Crippen LogP contribution in [0.4, 0.5) is 9.52 Å². The van der Waals surface area contributed by atoms with Crippen molar-refractivity contribution in [2.24, 2.45) is 5.10 Å². The van der Waals surface area contributed by atoms with E-state index in [0.717, 1.165) is 32.1 Å². The van der Waals surface area contributed by atoms with E-state index in [9.17, 15) is 4.39 Å². The predicted octanol–water partition coefficient (Wildman–Crippen LogP) is 8.38. The predicted molar refractivity (Wildman–Crippen MR) is 141 cm³/mol. The number of hydrogen-bond acceptors (Lipinski definition) is 5. The van der Waals surface area contributed by atoms with Gasteiger partial charge in [-0.3, -0.25) is 0 Å². The number of halogens is 4. The lowest BCUT2D eigenvalue weighted by molar-refractivity contribution is 0.386. The van der Waals surface area contributed by atoms with Gasteiger partial charge in [-0.15, -0.1) is 11.3 Å². The smallest absolute Gasteiger partial charge is 0.207 e. The molecule has 172 valence electrons. The van der Waals surface area contributed by atoms with Gasteiger partial charge in [-0.05, 0) is 48.0 Å². The molecule has 1 aromatic heterocycles. The molecular weight excluding hydrogens is 560 g/mol. The van der Waals surface area contributed by atoms with Crippen LogP contribution in [0.3, 0.4) is 0 Å². The van der Waals surface area contributed by atoms with Gasteiger partial charge in [0.25, 0.3) is 0 Å². The number of methoxy groups -OCH3 is 1. The third-order valence-corrected chi connectivity index (χ3v) is 7.47. The Balaban J connectivity index is 1.55. The second-order valence-corrected chi connectivity index (χ2v) is 10.2. The van der Waals surface area contributed by atoms with Crippen molar-refractivity contribution in [1.82, 2.24) is 4.98 Å². The number of aromatic nitrogens is 1. The van der Waals surface area contributed by atoms with Gasteiger partial charge in [0.15, 0.2) is 11.6 Å². The van der Waals surface area contributed by atoms with Crippen molar-refractivity contribution in [3.8, 4) is 17.0 Å². The number of hydrazone groups is 1. The molecule has 3 aromatic carbocycles. The maximum atomic E-state index is 14.4. The van der Waals surface area contributed by atoms with Gasteiger partial charge < -0.3 is 4.74 Å². The van der Waals surface area contributed by atoms with Crippen LogP contribution in [0, 0.1) is 5.82 Å². The molecule has 2 heterocycles. The van der Waals surface area contributed by atoms with E-state index in [1.165, 1.54) is 24.5 Å². The van der Waals surface area contributed by atoms with Crippen LogP contribution in [0.2, 0.25) is 10.0 Å². The lowest BCUT2D eigenvalue weighted by Crippen LogP contribution is -2.18. The molecule has 0 spiro atoms. The van der Waals surface area contributed by atoms with Crippen molar-refractivity contribution < 1.29 is 9.13 Å². The summed E-state index contributed by atoms with van der Waals surface area (Å²) >= 11 is 17.7. The molecule has 0 saturated heterocycles. The molecule has 1 atom stereocenters. The lowest BCUT2D eigenvalue weighted by Gasteiger charge is -2.22. The normalized spacial score (nSPS) is 15.5. The first-order valence-electron chi connectivity index (χ1n) is 10.3. The minimum atomic E-state index is -0.436. The number of benzene rings is 3. The summed E-state index contributed by atoms with van der Waals surface area (Å²) in [6.07, 6.45) is 0.528. The molecule has 1 aliphatic heterocycles. The number of rotatable bonds is 5. The first kappa shape index (κ1) is 23.3. The summed E-state index contributed by atoms with van der Waals surface area (Å²) in [5, 5.41) is 10.5. The summed E-state index contributed by atoms with van der Waals surface area (Å²) in [6, 6.07) is 18.0. The van der Waals surface area contributed by atoms with Crippen molar-refractivity contribution in [2.75, 3.05) is 12.1 Å². The number of thiazole rings is 1. The highest BCUT2D eigenvalue weighted by Crippen LogP contribution is 2.42. The van der Waals surface area contributed by atoms with Crippen molar-refractivity contribution in [3.63, 3.8) is 0 Å². The van der Waals surface area contributed by atoms with Gasteiger partial charge >= 0.3 is 0 Å². The van der Waals surface area contributed by atoms with Gasteiger partial charge in [0, 0.05) is 37.4 Å². The maximum absolute atomic E-state index is 14.4. The van der Waals surface area contributed by atoms with Gasteiger partial charge in [-0.25, -0.2) is 14.4 Å². The molecule has 9 heteroatoms. The molecule has 0 bridgehead atoms. The minimum Gasteiger partial charge on any atom is -0.494 e. The number of ether oxygens (including phenoxy) is 1. The molecule has 0 fully saturated rings. The SMILES string of the molecule is COc1ccc(C2=NN(c3nc(-c4ccc(Br)cc4)cs3)[C@H](c3ccc(Cl)cc3Cl)C2)cc1F. The van der Waals surface area contributed by atoms with Crippen LogP contribution in [0.15, 0.2) is 75.6 Å². The van der Waals surface area contributed by atoms with Gasteiger partial charge in [0.05, 0.1) is 24.6 Å². The second-order valence-electron chi connectivity index (χ2n) is 7.65. The maximum Gasteiger partial charge on any atom is 0.207 e. The van der Waals surface area contributed by atoms with Crippen molar-refractivity contribution in [2.45, 2.75) is 12.5 Å². The summed E-state index contributed by atoms with van der Waals surface area (Å²) in [5.74, 6) is -0.246. The zero-order chi connectivity index (χ0) is 23.8. The van der Waals surface area contributed by atoms with E-state index in [2.05, 4.69) is 15.9 Å². The van der Waals surface area contributed by atoms with E-state index in [1.807, 2.05) is 40.7 Å². The summed E-state index contributed by atoms with van der Waals surface area (Å²) in [7, 11) is 1.44. The Labute approximate surface area is 218 Å². The second kappa shape index (κ2) is 9.66. The van der Waals surface area contributed by atoms with Crippen molar-refractivity contribution in [3.05, 3.63) is 97.5 Å². The number of hydrogen-bond donors (Lipinski definition) is 0. The number of nitrogens with zero attached hydrogens (tertiary/aromatic N) is 3.